The number of amides is 1. The average molecular weight is 828 g/mol. The first-order valence-corrected chi connectivity index (χ1v) is 26.7. The van der Waals surface area contributed by atoms with Crippen LogP contribution in [0.15, 0.2) is 36.5 Å². The molecule has 0 aliphatic rings. The molecule has 0 bridgehead atoms. The molecule has 1 amide bonds. The zero-order chi connectivity index (χ0) is 42.8. The number of unbranched alkanes of at least 4 members (excludes halogenated alkanes) is 38. The molecule has 3 N–H and O–H groups in total. The van der Waals surface area contributed by atoms with E-state index in [0.29, 0.717) is 6.42 Å². The van der Waals surface area contributed by atoms with Gasteiger partial charge in [-0.2, -0.15) is 0 Å². The highest BCUT2D eigenvalue weighted by Gasteiger charge is 2.18. The Kier molecular flexibility index (Phi) is 49.8. The van der Waals surface area contributed by atoms with Crippen molar-refractivity contribution in [3.8, 4) is 0 Å². The summed E-state index contributed by atoms with van der Waals surface area (Å²) in [6, 6.07) is -0.630. The maximum atomic E-state index is 12.4. The van der Waals surface area contributed by atoms with Gasteiger partial charge in [0.2, 0.25) is 5.91 Å². The molecule has 4 nitrogen and oxygen atoms in total. The molecule has 0 aliphatic carbocycles. The first-order chi connectivity index (χ1) is 29.2. The summed E-state index contributed by atoms with van der Waals surface area (Å²) < 4.78 is 0. The van der Waals surface area contributed by atoms with Crippen LogP contribution in [0.5, 0.6) is 0 Å². The molecule has 59 heavy (non-hydrogen) atoms. The Morgan fingerprint density at radius 1 is 0.407 bits per heavy atom. The van der Waals surface area contributed by atoms with Gasteiger partial charge in [-0.15, -0.1) is 0 Å². The fraction of sp³-hybridized carbons (Fsp3) is 0.873. The van der Waals surface area contributed by atoms with E-state index in [-0.39, 0.29) is 12.5 Å². The molecule has 4 heteroatoms. The second-order valence-electron chi connectivity index (χ2n) is 18.3. The van der Waals surface area contributed by atoms with E-state index in [0.717, 1.165) is 44.9 Å². The zero-order valence-electron chi connectivity index (χ0n) is 40.0. The van der Waals surface area contributed by atoms with Crippen LogP contribution in [0.1, 0.15) is 290 Å². The molecular formula is C55H105NO3. The van der Waals surface area contributed by atoms with Crippen molar-refractivity contribution in [3.05, 3.63) is 36.5 Å². The quantitative estimate of drug-likeness (QED) is 0.0423. The lowest BCUT2D eigenvalue weighted by Gasteiger charge is -2.20. The van der Waals surface area contributed by atoms with Gasteiger partial charge in [-0.1, -0.05) is 269 Å². The fourth-order valence-corrected chi connectivity index (χ4v) is 8.27. The van der Waals surface area contributed by atoms with Crippen LogP contribution in [0, 0.1) is 0 Å². The standard InChI is InChI=1S/C55H105NO3/c1-3-5-7-9-11-13-15-17-19-21-22-23-24-25-26-27-28-29-30-31-32-33-34-35-36-38-40-42-44-46-48-50-54(58)53(52-57)56-55(59)51-49-47-45-43-41-39-37-20-18-16-14-12-10-8-6-4-2/h14,16,20,37,48,50,53-54,57-58H,3-13,15,17-19,21-36,38-47,49,51-52H2,1-2H3,(H,56,59)/b16-14-,37-20-,50-48+. The summed E-state index contributed by atoms with van der Waals surface area (Å²) in [4.78, 5) is 12.4. The van der Waals surface area contributed by atoms with Crippen molar-refractivity contribution in [1.82, 2.24) is 5.32 Å². The molecule has 0 saturated carbocycles. The van der Waals surface area contributed by atoms with Gasteiger partial charge >= 0.3 is 0 Å². The Morgan fingerprint density at radius 2 is 0.695 bits per heavy atom. The van der Waals surface area contributed by atoms with Gasteiger partial charge in [0.05, 0.1) is 18.8 Å². The van der Waals surface area contributed by atoms with Gasteiger partial charge in [-0.05, 0) is 51.4 Å². The molecule has 0 spiro atoms. The summed E-state index contributed by atoms with van der Waals surface area (Å²) in [5.41, 5.74) is 0. The Morgan fingerprint density at radius 3 is 1.03 bits per heavy atom. The highest BCUT2D eigenvalue weighted by Crippen LogP contribution is 2.17. The van der Waals surface area contributed by atoms with Crippen LogP contribution in [0.25, 0.3) is 0 Å². The van der Waals surface area contributed by atoms with Crippen molar-refractivity contribution >= 4 is 5.91 Å². The number of aliphatic hydroxyl groups is 2. The minimum absolute atomic E-state index is 0.0752. The van der Waals surface area contributed by atoms with E-state index < -0.39 is 12.1 Å². The van der Waals surface area contributed by atoms with Crippen LogP contribution in [0.3, 0.4) is 0 Å². The molecule has 2 atom stereocenters. The summed E-state index contributed by atoms with van der Waals surface area (Å²) in [6.07, 6.45) is 68.7. The van der Waals surface area contributed by atoms with Gasteiger partial charge in [0.1, 0.15) is 0 Å². The summed E-state index contributed by atoms with van der Waals surface area (Å²) in [5.74, 6) is -0.0752. The van der Waals surface area contributed by atoms with Crippen LogP contribution < -0.4 is 5.32 Å². The molecular weight excluding hydrogens is 723 g/mol. The van der Waals surface area contributed by atoms with Crippen LogP contribution >= 0.6 is 0 Å². The number of allylic oxidation sites excluding steroid dienone is 5. The smallest absolute Gasteiger partial charge is 0.220 e. The zero-order valence-corrected chi connectivity index (χ0v) is 40.0. The molecule has 0 aromatic rings. The molecule has 0 rings (SSSR count). The van der Waals surface area contributed by atoms with E-state index in [1.807, 2.05) is 6.08 Å². The lowest BCUT2D eigenvalue weighted by molar-refractivity contribution is -0.123. The molecule has 2 unspecified atom stereocenters. The maximum absolute atomic E-state index is 12.4. The van der Waals surface area contributed by atoms with Gasteiger partial charge in [-0.3, -0.25) is 4.79 Å². The summed E-state index contributed by atoms with van der Waals surface area (Å²) >= 11 is 0. The highest BCUT2D eigenvalue weighted by atomic mass is 16.3. The van der Waals surface area contributed by atoms with Gasteiger partial charge in [-0.25, -0.2) is 0 Å². The molecule has 348 valence electrons. The normalized spacial score (nSPS) is 13.1. The van der Waals surface area contributed by atoms with Gasteiger partial charge in [0.15, 0.2) is 0 Å². The van der Waals surface area contributed by atoms with Crippen LogP contribution in [0.2, 0.25) is 0 Å². The lowest BCUT2D eigenvalue weighted by Crippen LogP contribution is -2.45. The molecule has 0 aliphatic heterocycles. The Labute approximate surface area is 370 Å². The second-order valence-corrected chi connectivity index (χ2v) is 18.3. The summed E-state index contributed by atoms with van der Waals surface area (Å²) in [6.45, 7) is 4.31. The van der Waals surface area contributed by atoms with Crippen LogP contribution in [-0.4, -0.2) is 34.9 Å². The van der Waals surface area contributed by atoms with Crippen molar-refractivity contribution in [2.45, 2.75) is 302 Å². The number of rotatable bonds is 49. The van der Waals surface area contributed by atoms with Crippen molar-refractivity contribution in [1.29, 1.82) is 0 Å². The molecule has 0 aromatic carbocycles. The van der Waals surface area contributed by atoms with Crippen LogP contribution in [0.4, 0.5) is 0 Å². The fourth-order valence-electron chi connectivity index (χ4n) is 8.27. The first kappa shape index (κ1) is 57.6. The Bertz CT molecular complexity index is 897. The van der Waals surface area contributed by atoms with Crippen molar-refractivity contribution in [2.75, 3.05) is 6.61 Å². The van der Waals surface area contributed by atoms with E-state index in [1.165, 1.54) is 225 Å². The number of hydrogen-bond donors (Lipinski definition) is 3. The third-order valence-corrected chi connectivity index (χ3v) is 12.4. The second kappa shape index (κ2) is 51.0. The van der Waals surface area contributed by atoms with Gasteiger partial charge in [0, 0.05) is 6.42 Å². The minimum Gasteiger partial charge on any atom is -0.394 e. The number of aliphatic hydroxyl groups excluding tert-OH is 2. The molecule has 0 saturated heterocycles. The maximum Gasteiger partial charge on any atom is 0.220 e. The number of carbonyl (C=O) groups excluding carboxylic acids is 1. The minimum atomic E-state index is -0.845. The number of hydrogen-bond acceptors (Lipinski definition) is 3. The summed E-state index contributed by atoms with van der Waals surface area (Å²) in [5, 5.41) is 23.1. The van der Waals surface area contributed by atoms with Crippen LogP contribution in [-0.2, 0) is 4.79 Å². The van der Waals surface area contributed by atoms with E-state index in [2.05, 4.69) is 43.5 Å². The molecule has 0 radical (unpaired) electrons. The number of nitrogens with one attached hydrogen (secondary N) is 1. The first-order valence-electron chi connectivity index (χ1n) is 26.7. The van der Waals surface area contributed by atoms with E-state index in [1.54, 1.807) is 6.08 Å². The molecule has 0 aromatic heterocycles. The summed E-state index contributed by atoms with van der Waals surface area (Å²) in [7, 11) is 0. The Balaban J connectivity index is 3.47. The van der Waals surface area contributed by atoms with E-state index in [9.17, 15) is 15.0 Å². The van der Waals surface area contributed by atoms with Gasteiger partial charge < -0.3 is 15.5 Å². The average Bonchev–Trinajstić information content (AvgIpc) is 3.24. The number of carbonyl (C=O) groups is 1. The Hall–Kier alpha value is -1.39. The van der Waals surface area contributed by atoms with E-state index >= 15 is 0 Å². The topological polar surface area (TPSA) is 69.6 Å². The molecule has 0 heterocycles. The SMILES string of the molecule is CCCCCC/C=C\C/C=C\CCCCCCCC(=O)NC(CO)C(O)/C=C/CCCCCCCCCCCCCCCCCCCCCCCCCCCCCCC. The monoisotopic (exact) mass is 828 g/mol. The largest absolute Gasteiger partial charge is 0.394 e. The van der Waals surface area contributed by atoms with Gasteiger partial charge in [0.25, 0.3) is 0 Å². The van der Waals surface area contributed by atoms with Crippen molar-refractivity contribution in [3.63, 3.8) is 0 Å². The third-order valence-electron chi connectivity index (χ3n) is 12.4. The highest BCUT2D eigenvalue weighted by molar-refractivity contribution is 5.76. The third kappa shape index (κ3) is 47.5. The van der Waals surface area contributed by atoms with Crippen molar-refractivity contribution in [2.24, 2.45) is 0 Å². The lowest BCUT2D eigenvalue weighted by atomic mass is 10.0. The van der Waals surface area contributed by atoms with Crippen molar-refractivity contribution < 1.29 is 15.0 Å². The predicted molar refractivity (Wildman–Crippen MR) is 262 cm³/mol. The molecule has 0 fully saturated rings. The predicted octanol–water partition coefficient (Wildman–Crippen LogP) is 17.3. The van der Waals surface area contributed by atoms with E-state index in [4.69, 9.17) is 0 Å².